The molecule has 0 aliphatic heterocycles. The lowest BCUT2D eigenvalue weighted by Gasteiger charge is -2.10. The summed E-state index contributed by atoms with van der Waals surface area (Å²) in [6.07, 6.45) is 2.68. The predicted molar refractivity (Wildman–Crippen MR) is 106 cm³/mol. The van der Waals surface area contributed by atoms with Gasteiger partial charge < -0.3 is 4.74 Å². The Labute approximate surface area is 165 Å². The zero-order valence-electron chi connectivity index (χ0n) is 14.7. The molecule has 0 saturated heterocycles. The fourth-order valence-corrected chi connectivity index (χ4v) is 2.14. The second-order valence-electron chi connectivity index (χ2n) is 5.31. The van der Waals surface area contributed by atoms with Gasteiger partial charge in [0.2, 0.25) is 5.91 Å². The summed E-state index contributed by atoms with van der Waals surface area (Å²) in [5, 5.41) is 12.9. The summed E-state index contributed by atoms with van der Waals surface area (Å²) in [5.41, 5.74) is 5.71. The molecule has 144 valence electrons. The lowest BCUT2D eigenvalue weighted by molar-refractivity contribution is -0.384. The van der Waals surface area contributed by atoms with Crippen LogP contribution in [0.3, 0.4) is 0 Å². The molecule has 0 spiro atoms. The molecule has 0 fully saturated rings. The third-order valence-electron chi connectivity index (χ3n) is 3.41. The van der Waals surface area contributed by atoms with Crippen molar-refractivity contribution in [2.24, 2.45) is 0 Å². The van der Waals surface area contributed by atoms with E-state index < -0.39 is 16.7 Å². The molecule has 0 bridgehead atoms. The van der Waals surface area contributed by atoms with E-state index in [1.54, 1.807) is 24.3 Å². The second kappa shape index (κ2) is 9.78. The van der Waals surface area contributed by atoms with E-state index in [0.717, 1.165) is 0 Å². The summed E-state index contributed by atoms with van der Waals surface area (Å²) >= 11 is 4.93. The predicted octanol–water partition coefficient (Wildman–Crippen LogP) is 1.95. The van der Waals surface area contributed by atoms with Crippen LogP contribution >= 0.6 is 12.2 Å². The van der Waals surface area contributed by atoms with E-state index in [-0.39, 0.29) is 10.8 Å². The van der Waals surface area contributed by atoms with Gasteiger partial charge in [0.05, 0.1) is 12.0 Å². The molecule has 2 amide bonds. The van der Waals surface area contributed by atoms with Gasteiger partial charge in [-0.1, -0.05) is 0 Å². The van der Waals surface area contributed by atoms with Gasteiger partial charge in [-0.3, -0.25) is 35.9 Å². The normalized spacial score (nSPS) is 10.2. The van der Waals surface area contributed by atoms with Gasteiger partial charge in [-0.25, -0.2) is 0 Å². The minimum atomic E-state index is -0.533. The van der Waals surface area contributed by atoms with Crippen LogP contribution in [0, 0.1) is 10.1 Å². The van der Waals surface area contributed by atoms with E-state index in [0.29, 0.717) is 16.9 Å². The van der Waals surface area contributed by atoms with Crippen molar-refractivity contribution in [3.63, 3.8) is 0 Å². The van der Waals surface area contributed by atoms with Crippen LogP contribution < -0.4 is 20.9 Å². The molecule has 10 heteroatoms. The van der Waals surface area contributed by atoms with Gasteiger partial charge in [0.25, 0.3) is 11.6 Å². The number of hydrazine groups is 1. The van der Waals surface area contributed by atoms with Crippen LogP contribution in [0.15, 0.2) is 54.6 Å². The zero-order valence-corrected chi connectivity index (χ0v) is 15.5. The van der Waals surface area contributed by atoms with E-state index in [4.69, 9.17) is 17.0 Å². The van der Waals surface area contributed by atoms with Gasteiger partial charge in [0.15, 0.2) is 5.11 Å². The maximum Gasteiger partial charge on any atom is 0.269 e. The van der Waals surface area contributed by atoms with Crippen molar-refractivity contribution < 1.29 is 19.2 Å². The molecular weight excluding hydrogens is 384 g/mol. The van der Waals surface area contributed by atoms with E-state index >= 15 is 0 Å². The number of nitro groups is 1. The maximum atomic E-state index is 12.0. The van der Waals surface area contributed by atoms with E-state index in [9.17, 15) is 19.7 Å². The molecule has 0 radical (unpaired) electrons. The monoisotopic (exact) mass is 400 g/mol. The van der Waals surface area contributed by atoms with E-state index in [1.807, 2.05) is 0 Å². The summed E-state index contributed by atoms with van der Waals surface area (Å²) < 4.78 is 5.01. The molecule has 0 aromatic heterocycles. The number of methoxy groups -OCH3 is 1. The summed E-state index contributed by atoms with van der Waals surface area (Å²) in [4.78, 5) is 33.9. The summed E-state index contributed by atoms with van der Waals surface area (Å²) in [7, 11) is 1.52. The number of thiocarbonyl (C=S) groups is 1. The smallest absolute Gasteiger partial charge is 0.269 e. The second-order valence-corrected chi connectivity index (χ2v) is 5.72. The third-order valence-corrected chi connectivity index (χ3v) is 3.61. The molecule has 2 aromatic carbocycles. The third kappa shape index (κ3) is 6.18. The number of non-ortho nitro benzene ring substituents is 1. The number of hydrogen-bond acceptors (Lipinski definition) is 6. The van der Waals surface area contributed by atoms with Crippen LogP contribution in [0.2, 0.25) is 0 Å². The van der Waals surface area contributed by atoms with Crippen molar-refractivity contribution in [3.8, 4) is 5.75 Å². The van der Waals surface area contributed by atoms with Crippen molar-refractivity contribution in [2.75, 3.05) is 7.11 Å². The summed E-state index contributed by atoms with van der Waals surface area (Å²) in [6, 6.07) is 12.1. The molecule has 28 heavy (non-hydrogen) atoms. The molecule has 2 rings (SSSR count). The lowest BCUT2D eigenvalue weighted by atomic mass is 10.2. The molecule has 2 aromatic rings. The van der Waals surface area contributed by atoms with Crippen molar-refractivity contribution in [1.29, 1.82) is 0 Å². The van der Waals surface area contributed by atoms with Crippen LogP contribution in [0.4, 0.5) is 5.69 Å². The highest BCUT2D eigenvalue weighted by atomic mass is 32.1. The van der Waals surface area contributed by atoms with Crippen LogP contribution in [0.1, 0.15) is 15.9 Å². The fraction of sp³-hybridized carbons (Fsp3) is 0.0556. The highest BCUT2D eigenvalue weighted by Crippen LogP contribution is 2.13. The Balaban J connectivity index is 1.80. The molecule has 0 heterocycles. The Morgan fingerprint density at radius 1 is 1.07 bits per heavy atom. The largest absolute Gasteiger partial charge is 0.497 e. The first-order chi connectivity index (χ1) is 13.4. The molecule has 0 atom stereocenters. The number of ether oxygens (including phenoxy) is 1. The SMILES string of the molecule is COc1ccc(C(=O)NNC(=S)NC(=O)/C=C/c2ccc([N+](=O)[O-])cc2)cc1. The summed E-state index contributed by atoms with van der Waals surface area (Å²) in [6.45, 7) is 0. The van der Waals surface area contributed by atoms with Crippen LogP contribution in [0.25, 0.3) is 6.08 Å². The highest BCUT2D eigenvalue weighted by Gasteiger charge is 2.07. The molecule has 0 aliphatic rings. The molecule has 3 N–H and O–H groups in total. The number of nitro benzene ring substituents is 1. The highest BCUT2D eigenvalue weighted by molar-refractivity contribution is 7.80. The summed E-state index contributed by atoms with van der Waals surface area (Å²) in [5.74, 6) is -0.359. The molecule has 0 saturated carbocycles. The van der Waals surface area contributed by atoms with Gasteiger partial charge in [-0.2, -0.15) is 0 Å². The Morgan fingerprint density at radius 3 is 2.29 bits per heavy atom. The minimum Gasteiger partial charge on any atom is -0.497 e. The van der Waals surface area contributed by atoms with Gasteiger partial charge in [-0.15, -0.1) is 0 Å². The van der Waals surface area contributed by atoms with Gasteiger partial charge in [-0.05, 0) is 60.3 Å². The first-order valence-electron chi connectivity index (χ1n) is 7.87. The van der Waals surface area contributed by atoms with Crippen molar-refractivity contribution in [2.45, 2.75) is 0 Å². The lowest BCUT2D eigenvalue weighted by Crippen LogP contribution is -2.48. The number of carbonyl (C=O) groups is 2. The first-order valence-corrected chi connectivity index (χ1v) is 8.28. The van der Waals surface area contributed by atoms with Crippen LogP contribution in [-0.2, 0) is 4.79 Å². The Morgan fingerprint density at radius 2 is 1.71 bits per heavy atom. The average Bonchev–Trinajstić information content (AvgIpc) is 2.70. The molecule has 9 nitrogen and oxygen atoms in total. The van der Waals surface area contributed by atoms with E-state index in [2.05, 4.69) is 16.2 Å². The van der Waals surface area contributed by atoms with Crippen LogP contribution in [0.5, 0.6) is 5.75 Å². The topological polar surface area (TPSA) is 123 Å². The van der Waals surface area contributed by atoms with Crippen molar-refractivity contribution >= 4 is 40.9 Å². The standard InChI is InChI=1S/C18H16N4O5S/c1-27-15-9-5-13(6-10-15)17(24)20-21-18(28)19-16(23)11-4-12-2-7-14(8-3-12)22(25)26/h2-11H,1H3,(H,20,24)(H2,19,21,23,28)/b11-4+. The molecular formula is C18H16N4O5S. The van der Waals surface area contributed by atoms with Gasteiger partial charge >= 0.3 is 0 Å². The van der Waals surface area contributed by atoms with E-state index in [1.165, 1.54) is 43.5 Å². The number of nitrogens with one attached hydrogen (secondary N) is 3. The van der Waals surface area contributed by atoms with Crippen molar-refractivity contribution in [1.82, 2.24) is 16.2 Å². The number of carbonyl (C=O) groups excluding carboxylic acids is 2. The minimum absolute atomic E-state index is 0.0421. The Kier molecular flexibility index (Phi) is 7.17. The maximum absolute atomic E-state index is 12.0. The van der Waals surface area contributed by atoms with Gasteiger partial charge in [0, 0.05) is 23.8 Å². The quantitative estimate of drug-likeness (QED) is 0.303. The number of amides is 2. The number of rotatable bonds is 5. The van der Waals surface area contributed by atoms with Crippen molar-refractivity contribution in [3.05, 3.63) is 75.8 Å². The Bertz CT molecular complexity index is 911. The number of benzene rings is 2. The number of hydrogen-bond donors (Lipinski definition) is 3. The molecule has 0 aliphatic carbocycles. The van der Waals surface area contributed by atoms with Crippen LogP contribution in [-0.4, -0.2) is 29.0 Å². The molecule has 0 unspecified atom stereocenters. The Hall–Kier alpha value is -3.79. The van der Waals surface area contributed by atoms with Gasteiger partial charge in [0.1, 0.15) is 5.75 Å². The fourth-order valence-electron chi connectivity index (χ4n) is 1.99. The number of nitrogens with zero attached hydrogens (tertiary/aromatic N) is 1. The first kappa shape index (κ1) is 20.5. The average molecular weight is 400 g/mol. The zero-order chi connectivity index (χ0) is 20.5.